The Morgan fingerprint density at radius 1 is 1.24 bits per heavy atom. The molecule has 3 aliphatic rings. The minimum atomic E-state index is -1.24. The molecule has 2 amide bonds. The molecule has 2 N–H and O–H groups in total. The Kier molecular flexibility index (Phi) is 6.89. The Morgan fingerprint density at radius 3 is 2.65 bits per heavy atom. The number of amides is 2. The Balaban J connectivity index is 1.62. The molecule has 3 saturated heterocycles. The summed E-state index contributed by atoms with van der Waals surface area (Å²) in [5, 5.41) is 13.5. The molecule has 0 aliphatic carbocycles. The number of aryl methyl sites for hydroxylation is 2. The third-order valence-electron chi connectivity index (χ3n) is 7.88. The van der Waals surface area contributed by atoms with Gasteiger partial charge < -0.3 is 24.8 Å². The van der Waals surface area contributed by atoms with Crippen LogP contribution in [0.2, 0.25) is 0 Å². The van der Waals surface area contributed by atoms with Gasteiger partial charge in [0.05, 0.1) is 37.2 Å². The maximum Gasteiger partial charge on any atom is 0.312 e. The van der Waals surface area contributed by atoms with Crippen LogP contribution >= 0.6 is 15.9 Å². The molecule has 5 rings (SSSR count). The number of fused-ring (bicyclic) bond motifs is 1. The van der Waals surface area contributed by atoms with Crippen molar-refractivity contribution in [1.82, 2.24) is 4.90 Å². The van der Waals surface area contributed by atoms with Crippen molar-refractivity contribution in [2.75, 3.05) is 18.5 Å². The van der Waals surface area contributed by atoms with E-state index in [0.717, 1.165) is 11.1 Å². The molecule has 7 atom stereocenters. The van der Waals surface area contributed by atoms with E-state index in [-0.39, 0.29) is 17.3 Å². The van der Waals surface area contributed by atoms with Crippen LogP contribution in [-0.2, 0) is 23.9 Å². The van der Waals surface area contributed by atoms with Crippen LogP contribution < -0.4 is 5.32 Å². The van der Waals surface area contributed by atoms with Crippen molar-refractivity contribution in [1.29, 1.82) is 0 Å². The summed E-state index contributed by atoms with van der Waals surface area (Å²) in [4.78, 5) is 42.6. The molecule has 2 bridgehead atoms. The van der Waals surface area contributed by atoms with Gasteiger partial charge in [-0.2, -0.15) is 0 Å². The number of aliphatic hydroxyl groups is 1. The van der Waals surface area contributed by atoms with Gasteiger partial charge in [-0.15, -0.1) is 0 Å². The standard InChI is InChI=1S/C28H31BrN2O6/c1-4-36-27(35)21-22-26(34)31(20(14-32)17-8-6-5-7-9-17)24(28(22)13-18(29)23(21)37-28)25(33)30-19-12-15(2)10-11-16(19)3/h5-12,18,20-24,32H,4,13-14H2,1-3H3,(H,30,33)/t18?,20-,21-,22+,23-,24?,28?/m1/s1. The van der Waals surface area contributed by atoms with Crippen LogP contribution in [0.1, 0.15) is 36.1 Å². The summed E-state index contributed by atoms with van der Waals surface area (Å²) in [5.74, 6) is -3.04. The van der Waals surface area contributed by atoms with Gasteiger partial charge in [-0.1, -0.05) is 58.4 Å². The molecular weight excluding hydrogens is 540 g/mol. The number of hydrogen-bond acceptors (Lipinski definition) is 6. The summed E-state index contributed by atoms with van der Waals surface area (Å²) < 4.78 is 11.8. The predicted molar refractivity (Wildman–Crippen MR) is 140 cm³/mol. The molecular formula is C28H31BrN2O6. The highest BCUT2D eigenvalue weighted by atomic mass is 79.9. The van der Waals surface area contributed by atoms with E-state index in [2.05, 4.69) is 21.2 Å². The largest absolute Gasteiger partial charge is 0.466 e. The van der Waals surface area contributed by atoms with E-state index in [1.807, 2.05) is 62.4 Å². The number of nitrogens with zero attached hydrogens (tertiary/aromatic N) is 1. The van der Waals surface area contributed by atoms with Crippen LogP contribution in [0.3, 0.4) is 0 Å². The van der Waals surface area contributed by atoms with Gasteiger partial charge in [0.1, 0.15) is 11.6 Å². The number of rotatable bonds is 7. The molecule has 0 saturated carbocycles. The lowest BCUT2D eigenvalue weighted by atomic mass is 9.70. The molecule has 0 radical (unpaired) electrons. The molecule has 0 aromatic heterocycles. The quantitative estimate of drug-likeness (QED) is 0.391. The van der Waals surface area contributed by atoms with E-state index in [4.69, 9.17) is 9.47 Å². The number of alkyl halides is 1. The fourth-order valence-corrected chi connectivity index (χ4v) is 7.25. The van der Waals surface area contributed by atoms with Gasteiger partial charge in [-0.05, 0) is 49.9 Å². The smallest absolute Gasteiger partial charge is 0.312 e. The zero-order valence-electron chi connectivity index (χ0n) is 21.0. The number of esters is 1. The first-order valence-corrected chi connectivity index (χ1v) is 13.5. The first kappa shape index (κ1) is 25.9. The number of aliphatic hydroxyl groups excluding tert-OH is 1. The third kappa shape index (κ3) is 4.08. The minimum absolute atomic E-state index is 0.173. The Hall–Kier alpha value is -2.75. The van der Waals surface area contributed by atoms with E-state index in [9.17, 15) is 19.5 Å². The van der Waals surface area contributed by atoms with Crippen LogP contribution in [0.15, 0.2) is 48.5 Å². The van der Waals surface area contributed by atoms with Crippen LogP contribution in [0, 0.1) is 25.7 Å². The molecule has 1 spiro atoms. The highest BCUT2D eigenvalue weighted by Crippen LogP contribution is 2.61. The maximum absolute atomic E-state index is 14.2. The molecule has 3 heterocycles. The van der Waals surface area contributed by atoms with E-state index in [1.54, 1.807) is 6.92 Å². The highest BCUT2D eigenvalue weighted by molar-refractivity contribution is 9.09. The lowest BCUT2D eigenvalue weighted by Crippen LogP contribution is -2.54. The van der Waals surface area contributed by atoms with Gasteiger partial charge in [0.2, 0.25) is 11.8 Å². The number of benzene rings is 2. The predicted octanol–water partition coefficient (Wildman–Crippen LogP) is 3.29. The summed E-state index contributed by atoms with van der Waals surface area (Å²) in [6.07, 6.45) is -0.214. The molecule has 2 aromatic rings. The minimum Gasteiger partial charge on any atom is -0.466 e. The van der Waals surface area contributed by atoms with E-state index in [1.165, 1.54) is 4.90 Å². The van der Waals surface area contributed by atoms with Crippen molar-refractivity contribution in [2.45, 2.75) is 55.8 Å². The normalized spacial score (nSPS) is 30.8. The van der Waals surface area contributed by atoms with Gasteiger partial charge >= 0.3 is 5.97 Å². The zero-order chi connectivity index (χ0) is 26.5. The van der Waals surface area contributed by atoms with Crippen LogP contribution in [0.25, 0.3) is 0 Å². The topological polar surface area (TPSA) is 105 Å². The summed E-state index contributed by atoms with van der Waals surface area (Å²) in [6, 6.07) is 13.0. The van der Waals surface area contributed by atoms with Gasteiger partial charge in [-0.25, -0.2) is 0 Å². The molecule has 9 heteroatoms. The van der Waals surface area contributed by atoms with Crippen molar-refractivity contribution in [2.24, 2.45) is 11.8 Å². The van der Waals surface area contributed by atoms with E-state index < -0.39 is 54.1 Å². The van der Waals surface area contributed by atoms with Gasteiger partial charge in [-0.3, -0.25) is 14.4 Å². The average Bonchev–Trinajstić information content (AvgIpc) is 3.46. The second-order valence-electron chi connectivity index (χ2n) is 10.1. The van der Waals surface area contributed by atoms with Crippen molar-refractivity contribution in [3.05, 3.63) is 65.2 Å². The van der Waals surface area contributed by atoms with E-state index >= 15 is 0 Å². The number of hydrogen-bond donors (Lipinski definition) is 2. The fraction of sp³-hybridized carbons (Fsp3) is 0.464. The number of carbonyl (C=O) groups is 3. The molecule has 3 fully saturated rings. The second-order valence-corrected chi connectivity index (χ2v) is 11.3. The highest BCUT2D eigenvalue weighted by Gasteiger charge is 2.77. The van der Waals surface area contributed by atoms with Crippen LogP contribution in [0.5, 0.6) is 0 Å². The first-order valence-electron chi connectivity index (χ1n) is 12.6. The van der Waals surface area contributed by atoms with Crippen LogP contribution in [0.4, 0.5) is 5.69 Å². The van der Waals surface area contributed by atoms with Crippen molar-refractivity contribution in [3.63, 3.8) is 0 Å². The lowest BCUT2D eigenvalue weighted by Gasteiger charge is -2.37. The van der Waals surface area contributed by atoms with Gasteiger partial charge in [0.15, 0.2) is 0 Å². The number of likely N-dealkylation sites (tertiary alicyclic amines) is 1. The summed E-state index contributed by atoms with van der Waals surface area (Å²) >= 11 is 3.65. The first-order chi connectivity index (χ1) is 17.7. The Bertz CT molecular complexity index is 1220. The summed E-state index contributed by atoms with van der Waals surface area (Å²) in [7, 11) is 0. The van der Waals surface area contributed by atoms with Crippen molar-refractivity contribution in [3.8, 4) is 0 Å². The average molecular weight is 571 g/mol. The molecule has 3 unspecified atom stereocenters. The van der Waals surface area contributed by atoms with Crippen molar-refractivity contribution >= 4 is 39.4 Å². The maximum atomic E-state index is 14.2. The fourth-order valence-electron chi connectivity index (χ4n) is 6.31. The molecule has 8 nitrogen and oxygen atoms in total. The zero-order valence-corrected chi connectivity index (χ0v) is 22.6. The van der Waals surface area contributed by atoms with Gasteiger partial charge in [0.25, 0.3) is 0 Å². The SMILES string of the molecule is CCOC(=O)[C@H]1[C@@H]2OC3(CC2Br)C(C(=O)Nc2cc(C)ccc2C)N([C@H](CO)c2ccccc2)C(=O)[C@H]13. The molecule has 196 valence electrons. The molecule has 2 aromatic carbocycles. The number of ether oxygens (including phenoxy) is 2. The van der Waals surface area contributed by atoms with Gasteiger partial charge in [0, 0.05) is 10.5 Å². The number of carbonyl (C=O) groups excluding carboxylic acids is 3. The number of nitrogens with one attached hydrogen (secondary N) is 1. The summed E-state index contributed by atoms with van der Waals surface area (Å²) in [6.45, 7) is 5.34. The third-order valence-corrected chi connectivity index (χ3v) is 8.72. The molecule has 3 aliphatic heterocycles. The molecule has 37 heavy (non-hydrogen) atoms. The number of anilines is 1. The summed E-state index contributed by atoms with van der Waals surface area (Å²) in [5.41, 5.74) is 1.95. The Morgan fingerprint density at radius 2 is 1.97 bits per heavy atom. The van der Waals surface area contributed by atoms with Crippen LogP contribution in [-0.4, -0.2) is 63.6 Å². The monoisotopic (exact) mass is 570 g/mol. The Labute approximate surface area is 224 Å². The lowest BCUT2D eigenvalue weighted by molar-refractivity contribution is -0.155. The second kappa shape index (κ2) is 9.85. The van der Waals surface area contributed by atoms with Crippen molar-refractivity contribution < 1.29 is 29.0 Å². The number of halogens is 1. The van der Waals surface area contributed by atoms with E-state index in [0.29, 0.717) is 17.7 Å².